The number of carbonyl (C=O) groups is 2. The molecule has 0 heterocycles. The van der Waals surface area contributed by atoms with E-state index in [9.17, 15) is 14.2 Å². The van der Waals surface area contributed by atoms with Crippen LogP contribution in [0.3, 0.4) is 0 Å². The average molecular weight is 477 g/mol. The lowest BCUT2D eigenvalue weighted by Crippen LogP contribution is -2.44. The summed E-state index contributed by atoms with van der Waals surface area (Å²) < 4.78 is 35.0. The molecule has 2 aromatic carbocycles. The molecule has 1 unspecified atom stereocenters. The van der Waals surface area contributed by atoms with Gasteiger partial charge in [0.05, 0.1) is 26.5 Å². The molecule has 0 fully saturated rings. The number of methoxy groups -OCH3 is 1. The quantitative estimate of drug-likeness (QED) is 0.356. The summed E-state index contributed by atoms with van der Waals surface area (Å²) in [6.45, 7) is 5.29. The summed E-state index contributed by atoms with van der Waals surface area (Å²) in [6, 6.07) is 17.5. The fraction of sp³-hybridized carbons (Fsp3) is 0.417. The van der Waals surface area contributed by atoms with Crippen molar-refractivity contribution in [3.05, 3.63) is 71.8 Å². The molecule has 1 atom stereocenters. The van der Waals surface area contributed by atoms with Crippen LogP contribution in [0.4, 0.5) is 4.79 Å². The van der Waals surface area contributed by atoms with Gasteiger partial charge in [0.2, 0.25) is 0 Å². The topological polar surface area (TPSA) is 100 Å². The molecule has 9 heteroatoms. The molecule has 0 aliphatic carbocycles. The Labute approximate surface area is 195 Å². The SMILES string of the molecule is COC(=O)C(CCP(=O)(OCc1ccccc1)OCc1ccccc1)NC(=O)OC(C)(C)C. The maximum Gasteiger partial charge on any atom is 0.408 e. The van der Waals surface area contributed by atoms with E-state index < -0.39 is 31.3 Å². The highest BCUT2D eigenvalue weighted by atomic mass is 31.2. The minimum absolute atomic E-state index is 0.0211. The number of amides is 1. The molecule has 0 aliphatic heterocycles. The van der Waals surface area contributed by atoms with Gasteiger partial charge in [0.15, 0.2) is 0 Å². The van der Waals surface area contributed by atoms with Crippen molar-refractivity contribution in [1.29, 1.82) is 0 Å². The van der Waals surface area contributed by atoms with Crippen molar-refractivity contribution in [2.75, 3.05) is 13.3 Å². The Morgan fingerprint density at radius 1 is 0.909 bits per heavy atom. The van der Waals surface area contributed by atoms with Crippen LogP contribution in [0, 0.1) is 0 Å². The highest BCUT2D eigenvalue weighted by Crippen LogP contribution is 2.50. The van der Waals surface area contributed by atoms with Crippen molar-refractivity contribution in [3.63, 3.8) is 0 Å². The molecular formula is C24H32NO7P. The normalized spacial score (nSPS) is 12.6. The Bertz CT molecular complexity index is 881. The first kappa shape index (κ1) is 26.6. The van der Waals surface area contributed by atoms with Crippen LogP contribution in [-0.2, 0) is 41.1 Å². The van der Waals surface area contributed by atoms with E-state index >= 15 is 0 Å². The lowest BCUT2D eigenvalue weighted by atomic mass is 10.2. The molecule has 1 N–H and O–H groups in total. The standard InChI is InChI=1S/C24H32NO7P/c1-24(2,3)32-23(27)25-21(22(26)29-4)15-16-33(28,30-17-19-11-7-5-8-12-19)31-18-20-13-9-6-10-14-20/h5-14,21H,15-18H2,1-4H3,(H,25,27). The first-order valence-electron chi connectivity index (χ1n) is 10.6. The highest BCUT2D eigenvalue weighted by Gasteiger charge is 2.31. The number of benzene rings is 2. The first-order chi connectivity index (χ1) is 15.6. The Kier molecular flexibility index (Phi) is 10.1. The molecule has 0 saturated heterocycles. The second kappa shape index (κ2) is 12.5. The number of ether oxygens (including phenoxy) is 2. The van der Waals surface area contributed by atoms with Gasteiger partial charge in [-0.2, -0.15) is 0 Å². The lowest BCUT2D eigenvalue weighted by Gasteiger charge is -2.24. The Hall–Kier alpha value is -2.67. The van der Waals surface area contributed by atoms with Crippen molar-refractivity contribution < 1.29 is 32.7 Å². The number of carbonyl (C=O) groups excluding carboxylic acids is 2. The zero-order valence-corrected chi connectivity index (χ0v) is 20.4. The smallest absolute Gasteiger partial charge is 0.408 e. The van der Waals surface area contributed by atoms with Gasteiger partial charge in [0, 0.05) is 0 Å². The second-order valence-corrected chi connectivity index (χ2v) is 10.5. The maximum absolute atomic E-state index is 13.5. The van der Waals surface area contributed by atoms with Gasteiger partial charge in [0.25, 0.3) is 0 Å². The third-order valence-electron chi connectivity index (χ3n) is 4.41. The summed E-state index contributed by atoms with van der Waals surface area (Å²) in [4.78, 5) is 24.4. The molecule has 2 rings (SSSR count). The molecule has 0 aromatic heterocycles. The van der Waals surface area contributed by atoms with Crippen LogP contribution in [0.25, 0.3) is 0 Å². The molecule has 33 heavy (non-hydrogen) atoms. The minimum Gasteiger partial charge on any atom is -0.467 e. The van der Waals surface area contributed by atoms with Gasteiger partial charge in [-0.3, -0.25) is 4.57 Å². The van der Waals surface area contributed by atoms with Crippen LogP contribution in [0.2, 0.25) is 0 Å². The van der Waals surface area contributed by atoms with Gasteiger partial charge in [0.1, 0.15) is 11.6 Å². The Morgan fingerprint density at radius 3 is 1.82 bits per heavy atom. The summed E-state index contributed by atoms with van der Waals surface area (Å²) in [5, 5.41) is 2.48. The fourth-order valence-electron chi connectivity index (χ4n) is 2.79. The molecule has 0 aliphatic rings. The van der Waals surface area contributed by atoms with Crippen molar-refractivity contribution in [2.24, 2.45) is 0 Å². The Morgan fingerprint density at radius 2 is 1.39 bits per heavy atom. The van der Waals surface area contributed by atoms with Crippen molar-refractivity contribution in [2.45, 2.75) is 52.0 Å². The van der Waals surface area contributed by atoms with Crippen LogP contribution >= 0.6 is 7.60 Å². The number of esters is 1. The van der Waals surface area contributed by atoms with Crippen LogP contribution in [0.1, 0.15) is 38.3 Å². The van der Waals surface area contributed by atoms with E-state index in [-0.39, 0.29) is 25.8 Å². The molecule has 0 saturated carbocycles. The van der Waals surface area contributed by atoms with E-state index in [1.807, 2.05) is 60.7 Å². The number of alkyl carbamates (subject to hydrolysis) is 1. The molecule has 2 aromatic rings. The van der Waals surface area contributed by atoms with Crippen LogP contribution in [0.15, 0.2) is 60.7 Å². The fourth-order valence-corrected chi connectivity index (χ4v) is 4.39. The summed E-state index contributed by atoms with van der Waals surface area (Å²) in [5.74, 6) is -0.682. The number of rotatable bonds is 11. The lowest BCUT2D eigenvalue weighted by molar-refractivity contribution is -0.143. The second-order valence-electron chi connectivity index (χ2n) is 8.36. The van der Waals surface area contributed by atoms with E-state index in [4.69, 9.17) is 18.5 Å². The highest BCUT2D eigenvalue weighted by molar-refractivity contribution is 7.53. The molecule has 0 radical (unpaired) electrons. The van der Waals surface area contributed by atoms with Crippen molar-refractivity contribution >= 4 is 19.7 Å². The maximum atomic E-state index is 13.5. The van der Waals surface area contributed by atoms with E-state index in [0.29, 0.717) is 0 Å². The summed E-state index contributed by atoms with van der Waals surface area (Å²) in [7, 11) is -2.43. The largest absolute Gasteiger partial charge is 0.467 e. The summed E-state index contributed by atoms with van der Waals surface area (Å²) >= 11 is 0. The first-order valence-corrected chi connectivity index (χ1v) is 12.4. The van der Waals surface area contributed by atoms with E-state index in [2.05, 4.69) is 5.32 Å². The van der Waals surface area contributed by atoms with E-state index in [1.54, 1.807) is 20.8 Å². The predicted molar refractivity (Wildman–Crippen MR) is 125 cm³/mol. The molecule has 1 amide bonds. The van der Waals surface area contributed by atoms with Crippen molar-refractivity contribution in [1.82, 2.24) is 5.32 Å². The van der Waals surface area contributed by atoms with Crippen LogP contribution in [0.5, 0.6) is 0 Å². The zero-order chi connectivity index (χ0) is 24.3. The Balaban J connectivity index is 2.09. The van der Waals surface area contributed by atoms with E-state index in [0.717, 1.165) is 11.1 Å². The molecule has 8 nitrogen and oxygen atoms in total. The number of hydrogen-bond acceptors (Lipinski definition) is 7. The van der Waals surface area contributed by atoms with Gasteiger partial charge in [-0.1, -0.05) is 60.7 Å². The van der Waals surface area contributed by atoms with Gasteiger partial charge < -0.3 is 23.8 Å². The molecule has 180 valence electrons. The summed E-state index contributed by atoms with van der Waals surface area (Å²) in [5.41, 5.74) is 0.923. The number of hydrogen-bond donors (Lipinski definition) is 1. The zero-order valence-electron chi connectivity index (χ0n) is 19.5. The van der Waals surface area contributed by atoms with Crippen LogP contribution < -0.4 is 5.32 Å². The van der Waals surface area contributed by atoms with Gasteiger partial charge >= 0.3 is 19.7 Å². The van der Waals surface area contributed by atoms with Gasteiger partial charge in [-0.05, 0) is 38.3 Å². The van der Waals surface area contributed by atoms with Crippen LogP contribution in [-0.4, -0.2) is 37.0 Å². The monoisotopic (exact) mass is 477 g/mol. The molecule has 0 bridgehead atoms. The average Bonchev–Trinajstić information content (AvgIpc) is 2.79. The molecular weight excluding hydrogens is 445 g/mol. The minimum atomic E-state index is -3.64. The van der Waals surface area contributed by atoms with E-state index in [1.165, 1.54) is 7.11 Å². The molecule has 0 spiro atoms. The predicted octanol–water partition coefficient (Wildman–Crippen LogP) is 5.07. The van der Waals surface area contributed by atoms with Gasteiger partial charge in [-0.25, -0.2) is 9.59 Å². The third kappa shape index (κ3) is 10.2. The number of nitrogens with one attached hydrogen (secondary N) is 1. The van der Waals surface area contributed by atoms with Crippen molar-refractivity contribution in [3.8, 4) is 0 Å². The summed E-state index contributed by atoms with van der Waals surface area (Å²) in [6.07, 6.45) is -0.905. The van der Waals surface area contributed by atoms with Gasteiger partial charge in [-0.15, -0.1) is 0 Å². The third-order valence-corrected chi connectivity index (χ3v) is 6.26.